The van der Waals surface area contributed by atoms with Gasteiger partial charge in [0.15, 0.2) is 0 Å². The van der Waals surface area contributed by atoms with Crippen LogP contribution in [0.1, 0.15) is 39.6 Å². The van der Waals surface area contributed by atoms with Gasteiger partial charge in [-0.2, -0.15) is 0 Å². The van der Waals surface area contributed by atoms with Gasteiger partial charge in [-0.05, 0) is 53.5 Å². The molecule has 1 unspecified atom stereocenters. The maximum Gasteiger partial charge on any atom is 0.223 e. The van der Waals surface area contributed by atoms with Gasteiger partial charge in [0.25, 0.3) is 0 Å². The molecule has 0 saturated heterocycles. The highest BCUT2D eigenvalue weighted by Crippen LogP contribution is 2.39. The number of amides is 1. The molecule has 0 saturated carbocycles. The van der Waals surface area contributed by atoms with Crippen molar-refractivity contribution in [2.75, 3.05) is 6.54 Å². The number of benzene rings is 2. The van der Waals surface area contributed by atoms with Crippen molar-refractivity contribution < 1.29 is 4.79 Å². The molecule has 1 aliphatic heterocycles. The van der Waals surface area contributed by atoms with Crippen LogP contribution in [-0.4, -0.2) is 17.4 Å². The first-order chi connectivity index (χ1) is 12.7. The second-order valence-electron chi connectivity index (χ2n) is 6.88. The normalized spacial score (nSPS) is 16.3. The quantitative estimate of drug-likeness (QED) is 0.628. The van der Waals surface area contributed by atoms with Crippen molar-refractivity contribution in [3.8, 4) is 0 Å². The molecule has 1 amide bonds. The van der Waals surface area contributed by atoms with Crippen LogP contribution < -0.4 is 0 Å². The van der Waals surface area contributed by atoms with Crippen molar-refractivity contribution in [3.63, 3.8) is 0 Å². The Morgan fingerprint density at radius 3 is 2.62 bits per heavy atom. The van der Waals surface area contributed by atoms with E-state index in [1.165, 1.54) is 27.1 Å². The summed E-state index contributed by atoms with van der Waals surface area (Å²) in [5.74, 6) is 0.249. The van der Waals surface area contributed by atoms with Gasteiger partial charge in [0.1, 0.15) is 0 Å². The van der Waals surface area contributed by atoms with Crippen LogP contribution in [0.2, 0.25) is 0 Å². The molecule has 1 aromatic heterocycles. The van der Waals surface area contributed by atoms with Crippen LogP contribution in [-0.2, 0) is 17.6 Å². The molecule has 1 atom stereocenters. The van der Waals surface area contributed by atoms with Crippen molar-refractivity contribution >= 4 is 17.2 Å². The zero-order chi connectivity index (χ0) is 17.9. The Bertz CT molecular complexity index is 899. The molecule has 0 aliphatic carbocycles. The van der Waals surface area contributed by atoms with Crippen LogP contribution in [0.4, 0.5) is 0 Å². The molecule has 0 bridgehead atoms. The van der Waals surface area contributed by atoms with Gasteiger partial charge >= 0.3 is 0 Å². The van der Waals surface area contributed by atoms with Crippen LogP contribution in [0.25, 0.3) is 0 Å². The number of nitrogens with zero attached hydrogens (tertiary/aromatic N) is 1. The van der Waals surface area contributed by atoms with Crippen LogP contribution >= 0.6 is 11.3 Å². The lowest BCUT2D eigenvalue weighted by Gasteiger charge is -2.37. The third-order valence-electron chi connectivity index (χ3n) is 5.24. The van der Waals surface area contributed by atoms with Crippen molar-refractivity contribution in [3.05, 3.63) is 93.2 Å². The van der Waals surface area contributed by atoms with E-state index in [0.717, 1.165) is 19.4 Å². The van der Waals surface area contributed by atoms with Gasteiger partial charge in [-0.15, -0.1) is 11.3 Å². The van der Waals surface area contributed by atoms with E-state index < -0.39 is 0 Å². The average Bonchev–Trinajstić information content (AvgIpc) is 3.15. The second kappa shape index (κ2) is 7.46. The van der Waals surface area contributed by atoms with Gasteiger partial charge in [0.2, 0.25) is 5.91 Å². The zero-order valence-electron chi connectivity index (χ0n) is 15.0. The molecule has 3 aromatic rings. The number of thiophene rings is 1. The third kappa shape index (κ3) is 3.32. The molecule has 3 heteroatoms. The molecule has 2 heterocycles. The summed E-state index contributed by atoms with van der Waals surface area (Å²) in [5.41, 5.74) is 5.03. The molecular weight excluding hydrogens is 338 g/mol. The molecular formula is C23H23NOS. The first-order valence-corrected chi connectivity index (χ1v) is 10.1. The van der Waals surface area contributed by atoms with E-state index in [1.807, 2.05) is 29.5 Å². The zero-order valence-corrected chi connectivity index (χ0v) is 15.8. The summed E-state index contributed by atoms with van der Waals surface area (Å²) in [6, 6.07) is 21.0. The monoisotopic (exact) mass is 361 g/mol. The molecule has 2 nitrogen and oxygen atoms in total. The van der Waals surface area contributed by atoms with E-state index in [2.05, 4.69) is 59.7 Å². The predicted molar refractivity (Wildman–Crippen MR) is 108 cm³/mol. The molecule has 0 spiro atoms. The Morgan fingerprint density at radius 2 is 1.81 bits per heavy atom. The Balaban J connectivity index is 1.62. The largest absolute Gasteiger partial charge is 0.331 e. The van der Waals surface area contributed by atoms with Gasteiger partial charge in [-0.1, -0.05) is 54.6 Å². The van der Waals surface area contributed by atoms with Crippen molar-refractivity contribution in [2.45, 2.75) is 32.2 Å². The Hall–Kier alpha value is -2.39. The Kier molecular flexibility index (Phi) is 4.89. The minimum atomic E-state index is 0.0504. The number of hydrogen-bond acceptors (Lipinski definition) is 2. The summed E-state index contributed by atoms with van der Waals surface area (Å²) in [5, 5.41) is 2.16. The molecule has 0 N–H and O–H groups in total. The number of carbonyl (C=O) groups is 1. The van der Waals surface area contributed by atoms with Gasteiger partial charge in [0, 0.05) is 17.8 Å². The van der Waals surface area contributed by atoms with Gasteiger partial charge in [-0.25, -0.2) is 0 Å². The van der Waals surface area contributed by atoms with Gasteiger partial charge < -0.3 is 4.90 Å². The van der Waals surface area contributed by atoms with Crippen molar-refractivity contribution in [1.29, 1.82) is 0 Å². The molecule has 4 rings (SSSR count). The average molecular weight is 362 g/mol. The smallest absolute Gasteiger partial charge is 0.223 e. The van der Waals surface area contributed by atoms with E-state index in [9.17, 15) is 4.79 Å². The lowest BCUT2D eigenvalue weighted by molar-refractivity contribution is -0.133. The number of hydrogen-bond donors (Lipinski definition) is 0. The summed E-state index contributed by atoms with van der Waals surface area (Å²) < 4.78 is 0. The Labute approximate surface area is 159 Å². The topological polar surface area (TPSA) is 20.3 Å². The maximum absolute atomic E-state index is 13.1. The highest BCUT2D eigenvalue weighted by Gasteiger charge is 2.33. The minimum Gasteiger partial charge on any atom is -0.331 e. The number of fused-ring (bicyclic) bond motifs is 1. The van der Waals surface area contributed by atoms with E-state index in [0.29, 0.717) is 6.42 Å². The first-order valence-electron chi connectivity index (χ1n) is 9.19. The van der Waals surface area contributed by atoms with Crippen LogP contribution in [0, 0.1) is 6.92 Å². The summed E-state index contributed by atoms with van der Waals surface area (Å²) >= 11 is 1.82. The molecule has 0 radical (unpaired) electrons. The molecule has 26 heavy (non-hydrogen) atoms. The summed E-state index contributed by atoms with van der Waals surface area (Å²) in [4.78, 5) is 16.6. The molecule has 1 aliphatic rings. The first kappa shape index (κ1) is 17.0. The summed E-state index contributed by atoms with van der Waals surface area (Å²) in [6.07, 6.45) is 2.32. The summed E-state index contributed by atoms with van der Waals surface area (Å²) in [7, 11) is 0. The lowest BCUT2D eigenvalue weighted by Crippen LogP contribution is -2.40. The maximum atomic E-state index is 13.1. The fourth-order valence-corrected chi connectivity index (χ4v) is 4.76. The van der Waals surface area contributed by atoms with E-state index in [4.69, 9.17) is 0 Å². The van der Waals surface area contributed by atoms with Crippen LogP contribution in [0.5, 0.6) is 0 Å². The van der Waals surface area contributed by atoms with Gasteiger partial charge in [-0.3, -0.25) is 4.79 Å². The second-order valence-corrected chi connectivity index (χ2v) is 7.88. The SMILES string of the molecule is Cc1ccccc1C1c2ccsc2CCN1C(=O)CCc1ccccc1. The predicted octanol–water partition coefficient (Wildman–Crippen LogP) is 5.16. The van der Waals surface area contributed by atoms with E-state index in [1.54, 1.807) is 0 Å². The number of rotatable bonds is 4. The fraction of sp³-hybridized carbons (Fsp3) is 0.261. The van der Waals surface area contributed by atoms with Crippen molar-refractivity contribution in [2.24, 2.45) is 0 Å². The standard InChI is InChI=1S/C23H23NOS/c1-17-7-5-6-10-19(17)23-20-14-16-26-21(20)13-15-24(23)22(25)12-11-18-8-3-2-4-9-18/h2-10,14,16,23H,11-13,15H2,1H3. The molecule has 2 aromatic carbocycles. The highest BCUT2D eigenvalue weighted by atomic mass is 32.1. The molecule has 132 valence electrons. The third-order valence-corrected chi connectivity index (χ3v) is 6.24. The lowest BCUT2D eigenvalue weighted by atomic mass is 9.90. The minimum absolute atomic E-state index is 0.0504. The number of carbonyl (C=O) groups excluding carboxylic acids is 1. The van der Waals surface area contributed by atoms with Gasteiger partial charge in [0.05, 0.1) is 6.04 Å². The molecule has 0 fully saturated rings. The number of aryl methyl sites for hydroxylation is 2. The fourth-order valence-electron chi connectivity index (χ4n) is 3.85. The Morgan fingerprint density at radius 1 is 1.04 bits per heavy atom. The van der Waals surface area contributed by atoms with E-state index in [-0.39, 0.29) is 11.9 Å². The highest BCUT2D eigenvalue weighted by molar-refractivity contribution is 7.10. The van der Waals surface area contributed by atoms with Crippen molar-refractivity contribution in [1.82, 2.24) is 4.90 Å². The van der Waals surface area contributed by atoms with Crippen LogP contribution in [0.3, 0.4) is 0 Å². The van der Waals surface area contributed by atoms with Crippen LogP contribution in [0.15, 0.2) is 66.0 Å². The van der Waals surface area contributed by atoms with E-state index >= 15 is 0 Å². The summed E-state index contributed by atoms with van der Waals surface area (Å²) in [6.45, 7) is 2.95.